The number of rotatable bonds is 12. The number of hydrogen-bond donors (Lipinski definition) is 4. The first-order chi connectivity index (χ1) is 22.5. The van der Waals surface area contributed by atoms with Gasteiger partial charge in [-0.2, -0.15) is 10.2 Å². The SMILES string of the molecule is O=C(Cc1cccc(NC2CC2)c1)Nc1ccc([C@H]2CCC[C@H](c3ccc(NC(=O)Cc4cccc(NC5CC5)c4)nn3)C2)nn1. The van der Waals surface area contributed by atoms with Crippen LogP contribution in [-0.4, -0.2) is 44.3 Å². The van der Waals surface area contributed by atoms with Gasteiger partial charge in [0.1, 0.15) is 0 Å². The van der Waals surface area contributed by atoms with E-state index in [9.17, 15) is 9.59 Å². The van der Waals surface area contributed by atoms with Gasteiger partial charge in [-0.1, -0.05) is 30.7 Å². The minimum atomic E-state index is -0.114. The summed E-state index contributed by atoms with van der Waals surface area (Å²) >= 11 is 0. The van der Waals surface area contributed by atoms with Crippen molar-refractivity contribution in [2.24, 2.45) is 0 Å². The Labute approximate surface area is 269 Å². The predicted molar refractivity (Wildman–Crippen MR) is 179 cm³/mol. The highest BCUT2D eigenvalue weighted by atomic mass is 16.2. The lowest BCUT2D eigenvalue weighted by atomic mass is 9.78. The van der Waals surface area contributed by atoms with Crippen LogP contribution in [0, 0.1) is 0 Å². The zero-order chi connectivity index (χ0) is 31.3. The average Bonchev–Trinajstić information content (AvgIpc) is 4.00. The first-order valence-corrected chi connectivity index (χ1v) is 16.5. The molecular weight excluding hydrogens is 576 g/mol. The van der Waals surface area contributed by atoms with Crippen LogP contribution in [0.3, 0.4) is 0 Å². The van der Waals surface area contributed by atoms with Crippen LogP contribution in [0.5, 0.6) is 0 Å². The molecule has 2 atom stereocenters. The summed E-state index contributed by atoms with van der Waals surface area (Å²) < 4.78 is 0. The summed E-state index contributed by atoms with van der Waals surface area (Å²) in [5.41, 5.74) is 5.89. The molecule has 3 aliphatic rings. The highest BCUT2D eigenvalue weighted by molar-refractivity contribution is 5.92. The van der Waals surface area contributed by atoms with E-state index in [0.717, 1.165) is 59.6 Å². The smallest absolute Gasteiger partial charge is 0.229 e. The second kappa shape index (κ2) is 13.6. The van der Waals surface area contributed by atoms with E-state index >= 15 is 0 Å². The van der Waals surface area contributed by atoms with Gasteiger partial charge in [-0.3, -0.25) is 9.59 Å². The molecule has 0 radical (unpaired) electrons. The van der Waals surface area contributed by atoms with Crippen LogP contribution in [-0.2, 0) is 22.4 Å². The van der Waals surface area contributed by atoms with E-state index in [4.69, 9.17) is 0 Å². The van der Waals surface area contributed by atoms with Crippen molar-refractivity contribution in [1.82, 2.24) is 20.4 Å². The van der Waals surface area contributed by atoms with Gasteiger partial charge in [-0.05, 0) is 105 Å². The van der Waals surface area contributed by atoms with Crippen molar-refractivity contribution >= 4 is 34.8 Å². The first kappa shape index (κ1) is 29.8. The highest BCUT2D eigenvalue weighted by Gasteiger charge is 2.27. The van der Waals surface area contributed by atoms with Crippen molar-refractivity contribution in [3.63, 3.8) is 0 Å². The number of benzene rings is 2. The number of aromatic nitrogens is 4. The van der Waals surface area contributed by atoms with Crippen molar-refractivity contribution in [3.8, 4) is 0 Å². The fourth-order valence-corrected chi connectivity index (χ4v) is 6.19. The molecule has 3 aliphatic carbocycles. The van der Waals surface area contributed by atoms with Gasteiger partial charge in [0.05, 0.1) is 24.2 Å². The lowest BCUT2D eigenvalue weighted by molar-refractivity contribution is -0.116. The van der Waals surface area contributed by atoms with Crippen molar-refractivity contribution in [1.29, 1.82) is 0 Å². The average molecular weight is 617 g/mol. The topological polar surface area (TPSA) is 134 Å². The van der Waals surface area contributed by atoms with E-state index in [-0.39, 0.29) is 36.5 Å². The molecule has 46 heavy (non-hydrogen) atoms. The highest BCUT2D eigenvalue weighted by Crippen LogP contribution is 2.40. The summed E-state index contributed by atoms with van der Waals surface area (Å²) in [6, 6.07) is 24.8. The third-order valence-electron chi connectivity index (χ3n) is 8.90. The van der Waals surface area contributed by atoms with Crippen LogP contribution in [0.25, 0.3) is 0 Å². The van der Waals surface area contributed by atoms with Gasteiger partial charge in [-0.25, -0.2) is 0 Å². The molecule has 10 nitrogen and oxygen atoms in total. The van der Waals surface area contributed by atoms with Crippen molar-refractivity contribution in [2.45, 2.75) is 88.1 Å². The molecule has 0 bridgehead atoms. The number of amides is 2. The molecule has 2 aromatic carbocycles. The molecule has 3 fully saturated rings. The molecule has 0 aliphatic heterocycles. The number of carbonyl (C=O) groups is 2. The summed E-state index contributed by atoms with van der Waals surface area (Å²) in [6.45, 7) is 0. The molecule has 0 unspecified atom stereocenters. The van der Waals surface area contributed by atoms with Gasteiger partial charge in [-0.15, -0.1) is 10.2 Å². The Morgan fingerprint density at radius 2 is 1.07 bits per heavy atom. The van der Waals surface area contributed by atoms with Gasteiger partial charge in [0.25, 0.3) is 0 Å². The van der Waals surface area contributed by atoms with E-state index in [2.05, 4.69) is 41.7 Å². The van der Waals surface area contributed by atoms with E-state index in [1.807, 2.05) is 72.8 Å². The molecule has 2 heterocycles. The largest absolute Gasteiger partial charge is 0.382 e. The van der Waals surface area contributed by atoms with Gasteiger partial charge < -0.3 is 21.3 Å². The van der Waals surface area contributed by atoms with Crippen molar-refractivity contribution < 1.29 is 9.59 Å². The van der Waals surface area contributed by atoms with E-state index in [1.54, 1.807) is 0 Å². The minimum absolute atomic E-state index is 0.114. The normalized spacial score (nSPS) is 19.2. The molecule has 236 valence electrons. The zero-order valence-corrected chi connectivity index (χ0v) is 25.9. The molecular formula is C36H40N8O2. The Morgan fingerprint density at radius 3 is 1.48 bits per heavy atom. The van der Waals surface area contributed by atoms with E-state index < -0.39 is 0 Å². The molecule has 3 saturated carbocycles. The number of hydrogen-bond acceptors (Lipinski definition) is 8. The quantitative estimate of drug-likeness (QED) is 0.147. The van der Waals surface area contributed by atoms with Gasteiger partial charge in [0.15, 0.2) is 11.6 Å². The monoisotopic (exact) mass is 616 g/mol. The maximum Gasteiger partial charge on any atom is 0.229 e. The number of nitrogens with zero attached hydrogens (tertiary/aromatic N) is 4. The first-order valence-electron chi connectivity index (χ1n) is 16.5. The third kappa shape index (κ3) is 8.24. The molecule has 7 rings (SSSR count). The Balaban J connectivity index is 0.893. The zero-order valence-electron chi connectivity index (χ0n) is 25.9. The molecule has 2 amide bonds. The molecule has 4 N–H and O–H groups in total. The predicted octanol–water partition coefficient (Wildman–Crippen LogP) is 6.22. The van der Waals surface area contributed by atoms with Gasteiger partial charge >= 0.3 is 0 Å². The molecule has 0 spiro atoms. The fraction of sp³-hybridized carbons (Fsp3) is 0.389. The number of anilines is 4. The fourth-order valence-electron chi connectivity index (χ4n) is 6.19. The standard InChI is InChI=1S/C36H40N8O2/c45-35(20-23-4-1-8-29(18-23)37-27-10-11-27)39-33-16-14-31(41-43-33)25-6-3-7-26(22-25)32-15-17-34(44-42-32)40-36(46)21-24-5-2-9-30(19-24)38-28-12-13-28/h1-2,4-5,8-9,14-19,25-28,37-38H,3,6-7,10-13,20-22H2,(H,39,43,45)(H,40,44,46)/t25-,26-/m0/s1. The van der Waals surface area contributed by atoms with Crippen LogP contribution in [0.15, 0.2) is 72.8 Å². The van der Waals surface area contributed by atoms with Gasteiger partial charge in [0.2, 0.25) is 11.8 Å². The molecule has 0 saturated heterocycles. The second-order valence-electron chi connectivity index (χ2n) is 12.9. The van der Waals surface area contributed by atoms with E-state index in [0.29, 0.717) is 23.7 Å². The molecule has 4 aromatic rings. The van der Waals surface area contributed by atoms with Crippen LogP contribution < -0.4 is 21.3 Å². The lowest BCUT2D eigenvalue weighted by Gasteiger charge is -2.28. The van der Waals surface area contributed by atoms with Gasteiger partial charge in [0, 0.05) is 35.3 Å². The van der Waals surface area contributed by atoms with Crippen LogP contribution in [0.4, 0.5) is 23.0 Å². The van der Waals surface area contributed by atoms with Crippen molar-refractivity contribution in [3.05, 3.63) is 95.3 Å². The lowest BCUT2D eigenvalue weighted by Crippen LogP contribution is -2.18. The molecule has 2 aromatic heterocycles. The summed E-state index contributed by atoms with van der Waals surface area (Å²) in [5.74, 6) is 1.20. The summed E-state index contributed by atoms with van der Waals surface area (Å²) in [6.07, 6.45) is 9.40. The maximum absolute atomic E-state index is 12.7. The summed E-state index contributed by atoms with van der Waals surface area (Å²) in [4.78, 5) is 25.4. The Hall–Kier alpha value is -4.86. The summed E-state index contributed by atoms with van der Waals surface area (Å²) in [7, 11) is 0. The third-order valence-corrected chi connectivity index (χ3v) is 8.90. The Bertz CT molecular complexity index is 1550. The Morgan fingerprint density at radius 1 is 0.587 bits per heavy atom. The second-order valence-corrected chi connectivity index (χ2v) is 12.9. The summed E-state index contributed by atoms with van der Waals surface area (Å²) in [5, 5.41) is 30.3. The number of carbonyl (C=O) groups excluding carboxylic acids is 2. The van der Waals surface area contributed by atoms with Crippen LogP contribution >= 0.6 is 0 Å². The minimum Gasteiger partial charge on any atom is -0.382 e. The maximum atomic E-state index is 12.7. The van der Waals surface area contributed by atoms with E-state index in [1.165, 1.54) is 25.7 Å². The van der Waals surface area contributed by atoms with Crippen LogP contribution in [0.2, 0.25) is 0 Å². The van der Waals surface area contributed by atoms with Crippen molar-refractivity contribution in [2.75, 3.05) is 21.3 Å². The Kier molecular flexibility index (Phi) is 8.85. The van der Waals surface area contributed by atoms with Crippen LogP contribution in [0.1, 0.15) is 85.7 Å². The molecule has 10 heteroatoms. The number of nitrogens with one attached hydrogen (secondary N) is 4.